The first-order chi connectivity index (χ1) is 11.3. The van der Waals surface area contributed by atoms with E-state index < -0.39 is 17.8 Å². The van der Waals surface area contributed by atoms with E-state index in [1.54, 1.807) is 31.2 Å². The van der Waals surface area contributed by atoms with Gasteiger partial charge in [0.15, 0.2) is 0 Å². The first-order valence-electron chi connectivity index (χ1n) is 7.24. The van der Waals surface area contributed by atoms with Gasteiger partial charge in [-0.15, -0.1) is 0 Å². The molecule has 2 rings (SSSR count). The smallest absolute Gasteiger partial charge is 0.392 e. The summed E-state index contributed by atoms with van der Waals surface area (Å²) in [7, 11) is 0. The minimum atomic E-state index is -4.41. The van der Waals surface area contributed by atoms with Gasteiger partial charge in [0.25, 0.3) is 0 Å². The van der Waals surface area contributed by atoms with E-state index in [1.165, 1.54) is 12.1 Å². The Kier molecular flexibility index (Phi) is 5.46. The summed E-state index contributed by atoms with van der Waals surface area (Å²) in [4.78, 5) is 12.1. The van der Waals surface area contributed by atoms with Crippen LogP contribution in [0.25, 0.3) is 0 Å². The van der Waals surface area contributed by atoms with Crippen LogP contribution in [0.3, 0.4) is 0 Å². The van der Waals surface area contributed by atoms with Crippen molar-refractivity contribution in [1.82, 2.24) is 0 Å². The number of hydrogen-bond acceptors (Lipinski definition) is 3. The molecule has 0 aliphatic rings. The third kappa shape index (κ3) is 4.73. The van der Waals surface area contributed by atoms with Gasteiger partial charge in [-0.2, -0.15) is 13.2 Å². The Morgan fingerprint density at radius 2 is 1.79 bits per heavy atom. The Hall–Kier alpha value is -2.54. The van der Waals surface area contributed by atoms with Gasteiger partial charge in [-0.3, -0.25) is 4.79 Å². The number of alkyl halides is 3. The molecule has 0 aromatic heterocycles. The predicted octanol–water partition coefficient (Wildman–Crippen LogP) is 3.64. The fourth-order valence-electron chi connectivity index (χ4n) is 2.07. The molecule has 0 fully saturated rings. The summed E-state index contributed by atoms with van der Waals surface area (Å²) in [6.45, 7) is 1.52. The van der Waals surface area contributed by atoms with E-state index in [4.69, 9.17) is 5.11 Å². The zero-order chi connectivity index (χ0) is 17.7. The second kappa shape index (κ2) is 7.35. The lowest BCUT2D eigenvalue weighted by Crippen LogP contribution is -2.31. The molecule has 0 bridgehead atoms. The van der Waals surface area contributed by atoms with Crippen molar-refractivity contribution in [3.8, 4) is 0 Å². The summed E-state index contributed by atoms with van der Waals surface area (Å²) in [6.07, 6.45) is -4.41. The molecule has 0 heterocycles. The summed E-state index contributed by atoms with van der Waals surface area (Å²) in [5.74, 6) is -0.385. The lowest BCUT2D eigenvalue weighted by atomic mass is 10.2. The van der Waals surface area contributed by atoms with E-state index in [-0.39, 0.29) is 18.2 Å². The Morgan fingerprint density at radius 3 is 2.38 bits per heavy atom. The molecule has 1 unspecified atom stereocenters. The number of anilines is 2. The van der Waals surface area contributed by atoms with E-state index in [0.717, 1.165) is 12.1 Å². The molecule has 0 aliphatic carbocycles. The molecule has 0 spiro atoms. The molecule has 24 heavy (non-hydrogen) atoms. The minimum Gasteiger partial charge on any atom is -0.392 e. The van der Waals surface area contributed by atoms with Gasteiger partial charge in [-0.25, -0.2) is 0 Å². The summed E-state index contributed by atoms with van der Waals surface area (Å²) in [6, 6.07) is 10.6. The van der Waals surface area contributed by atoms with Crippen molar-refractivity contribution in [1.29, 1.82) is 0 Å². The zero-order valence-corrected chi connectivity index (χ0v) is 12.9. The number of carbonyl (C=O) groups excluding carboxylic acids is 1. The Labute approximate surface area is 137 Å². The van der Waals surface area contributed by atoms with Crippen molar-refractivity contribution in [3.63, 3.8) is 0 Å². The number of halogens is 3. The number of nitrogens with one attached hydrogen (secondary N) is 2. The number of aliphatic hydroxyl groups is 1. The van der Waals surface area contributed by atoms with Crippen molar-refractivity contribution in [2.24, 2.45) is 0 Å². The molecule has 0 saturated carbocycles. The van der Waals surface area contributed by atoms with E-state index in [0.29, 0.717) is 11.3 Å². The van der Waals surface area contributed by atoms with Crippen LogP contribution in [0.4, 0.5) is 24.5 Å². The normalized spacial score (nSPS) is 12.5. The zero-order valence-electron chi connectivity index (χ0n) is 12.9. The van der Waals surface area contributed by atoms with Crippen molar-refractivity contribution in [2.45, 2.75) is 25.7 Å². The van der Waals surface area contributed by atoms with Gasteiger partial charge < -0.3 is 15.7 Å². The van der Waals surface area contributed by atoms with Crippen LogP contribution in [0.2, 0.25) is 0 Å². The molecule has 128 valence electrons. The molecule has 0 aliphatic heterocycles. The maximum absolute atomic E-state index is 12.5. The van der Waals surface area contributed by atoms with Gasteiger partial charge in [-0.1, -0.05) is 12.1 Å². The van der Waals surface area contributed by atoms with E-state index in [1.807, 2.05) is 0 Å². The maximum Gasteiger partial charge on any atom is 0.416 e. The highest BCUT2D eigenvalue weighted by molar-refractivity contribution is 5.96. The topological polar surface area (TPSA) is 61.4 Å². The second-order valence-corrected chi connectivity index (χ2v) is 5.29. The molecular weight excluding hydrogens is 321 g/mol. The van der Waals surface area contributed by atoms with Gasteiger partial charge in [0.05, 0.1) is 12.2 Å². The number of benzene rings is 2. The highest BCUT2D eigenvalue weighted by atomic mass is 19.4. The Balaban J connectivity index is 1.98. The van der Waals surface area contributed by atoms with E-state index in [9.17, 15) is 18.0 Å². The molecule has 0 radical (unpaired) electrons. The lowest BCUT2D eigenvalue weighted by Gasteiger charge is -2.16. The molecule has 1 amide bonds. The molecule has 4 nitrogen and oxygen atoms in total. The first kappa shape index (κ1) is 17.8. The Morgan fingerprint density at radius 1 is 1.12 bits per heavy atom. The standard InChI is InChI=1S/C17H17F3N2O2/c1-11(21-15-4-2-3-12(9-15)10-23)16(24)22-14-7-5-13(6-8-14)17(18,19)20/h2-9,11,21,23H,10H2,1H3,(H,22,24). The number of amides is 1. The largest absolute Gasteiger partial charge is 0.416 e. The SMILES string of the molecule is CC(Nc1cccc(CO)c1)C(=O)Nc1ccc(C(F)(F)F)cc1. The number of hydrogen-bond donors (Lipinski definition) is 3. The molecule has 7 heteroatoms. The van der Waals surface area contributed by atoms with Gasteiger partial charge in [0.1, 0.15) is 6.04 Å². The Bertz CT molecular complexity index is 700. The van der Waals surface area contributed by atoms with Crippen LogP contribution < -0.4 is 10.6 Å². The fraction of sp³-hybridized carbons (Fsp3) is 0.235. The summed E-state index contributed by atoms with van der Waals surface area (Å²) < 4.78 is 37.5. The van der Waals surface area contributed by atoms with Crippen LogP contribution in [-0.2, 0) is 17.6 Å². The van der Waals surface area contributed by atoms with Crippen LogP contribution in [-0.4, -0.2) is 17.1 Å². The molecule has 2 aromatic carbocycles. The highest BCUT2D eigenvalue weighted by Crippen LogP contribution is 2.29. The molecule has 1 atom stereocenters. The monoisotopic (exact) mass is 338 g/mol. The maximum atomic E-state index is 12.5. The fourth-order valence-corrected chi connectivity index (χ4v) is 2.07. The average molecular weight is 338 g/mol. The quantitative estimate of drug-likeness (QED) is 0.780. The van der Waals surface area contributed by atoms with E-state index in [2.05, 4.69) is 10.6 Å². The second-order valence-electron chi connectivity index (χ2n) is 5.29. The highest BCUT2D eigenvalue weighted by Gasteiger charge is 2.30. The van der Waals surface area contributed by atoms with Crippen LogP contribution in [0.1, 0.15) is 18.1 Å². The van der Waals surface area contributed by atoms with Crippen LogP contribution in [0, 0.1) is 0 Å². The lowest BCUT2D eigenvalue weighted by molar-refractivity contribution is -0.137. The van der Waals surface area contributed by atoms with Crippen molar-refractivity contribution in [2.75, 3.05) is 10.6 Å². The van der Waals surface area contributed by atoms with Crippen LogP contribution >= 0.6 is 0 Å². The third-order valence-electron chi connectivity index (χ3n) is 3.37. The predicted molar refractivity (Wildman–Crippen MR) is 85.5 cm³/mol. The van der Waals surface area contributed by atoms with Gasteiger partial charge in [0, 0.05) is 11.4 Å². The minimum absolute atomic E-state index is 0.109. The van der Waals surface area contributed by atoms with Crippen molar-refractivity contribution in [3.05, 3.63) is 59.7 Å². The van der Waals surface area contributed by atoms with Gasteiger partial charge in [-0.05, 0) is 48.9 Å². The summed E-state index contributed by atoms with van der Waals surface area (Å²) in [5.41, 5.74) is 0.880. The van der Waals surface area contributed by atoms with Crippen LogP contribution in [0.5, 0.6) is 0 Å². The number of carbonyl (C=O) groups is 1. The van der Waals surface area contributed by atoms with Gasteiger partial charge >= 0.3 is 6.18 Å². The number of aliphatic hydroxyl groups excluding tert-OH is 1. The average Bonchev–Trinajstić information content (AvgIpc) is 2.54. The summed E-state index contributed by atoms with van der Waals surface area (Å²) in [5, 5.41) is 14.6. The molecular formula is C17H17F3N2O2. The van der Waals surface area contributed by atoms with E-state index >= 15 is 0 Å². The molecule has 2 aromatic rings. The number of rotatable bonds is 5. The summed E-state index contributed by atoms with van der Waals surface area (Å²) >= 11 is 0. The molecule has 0 saturated heterocycles. The third-order valence-corrected chi connectivity index (χ3v) is 3.37. The van der Waals surface area contributed by atoms with Crippen molar-refractivity contribution < 1.29 is 23.1 Å². The first-order valence-corrected chi connectivity index (χ1v) is 7.24. The van der Waals surface area contributed by atoms with Gasteiger partial charge in [0.2, 0.25) is 5.91 Å². The molecule has 3 N–H and O–H groups in total. The van der Waals surface area contributed by atoms with Crippen molar-refractivity contribution >= 4 is 17.3 Å². The van der Waals surface area contributed by atoms with Crippen LogP contribution in [0.15, 0.2) is 48.5 Å².